The number of ether oxygens (including phenoxy) is 1. The normalized spacial score (nSPS) is 47.7. The van der Waals surface area contributed by atoms with Crippen molar-refractivity contribution < 1.29 is 30.0 Å². The van der Waals surface area contributed by atoms with Gasteiger partial charge >= 0.3 is 5.97 Å². The maximum absolute atomic E-state index is 12.0. The Morgan fingerprint density at radius 1 is 1.03 bits per heavy atom. The minimum atomic E-state index is -0.585. The molecule has 0 aromatic carbocycles. The third-order valence-electron chi connectivity index (χ3n) is 11.6. The van der Waals surface area contributed by atoms with E-state index in [2.05, 4.69) is 20.8 Å². The Morgan fingerprint density at radius 3 is 2.43 bits per heavy atom. The third kappa shape index (κ3) is 4.59. The van der Waals surface area contributed by atoms with Gasteiger partial charge in [0.25, 0.3) is 0 Å². The first-order valence-electron chi connectivity index (χ1n) is 14.3. The van der Waals surface area contributed by atoms with Crippen LogP contribution < -0.4 is 0 Å². The fraction of sp³-hybridized carbons (Fsp3) is 0.966. The summed E-state index contributed by atoms with van der Waals surface area (Å²) >= 11 is 0. The lowest BCUT2D eigenvalue weighted by molar-refractivity contribution is -0.188. The third-order valence-corrected chi connectivity index (χ3v) is 11.6. The van der Waals surface area contributed by atoms with Crippen molar-refractivity contribution in [3.05, 3.63) is 0 Å². The number of rotatable bonds is 7. The molecule has 4 N–H and O–H groups in total. The van der Waals surface area contributed by atoms with Crippen LogP contribution in [-0.4, -0.2) is 57.4 Å². The van der Waals surface area contributed by atoms with Crippen LogP contribution in [0.3, 0.4) is 0 Å². The molecular formula is C29H50O6. The molecule has 4 fully saturated rings. The standard InChI is InChI=1S/C29H50O6/c1-6-35-27(34)16(2)7-10-23(31)17(3)21-14-24(32)26-20-9-8-18-13-19(30)11-12-28(18,4)22(20)15-25(33)29(21,26)5/h16-26,30-33H,6-15H2,1-5H3. The minimum Gasteiger partial charge on any atom is -0.466 e. The number of hydrogen-bond acceptors (Lipinski definition) is 6. The van der Waals surface area contributed by atoms with Crippen LogP contribution in [0.1, 0.15) is 92.4 Å². The average molecular weight is 495 g/mol. The van der Waals surface area contributed by atoms with Crippen LogP contribution in [0.5, 0.6) is 0 Å². The highest BCUT2D eigenvalue weighted by Crippen LogP contribution is 2.68. The van der Waals surface area contributed by atoms with Gasteiger partial charge in [-0.05, 0) is 106 Å². The molecule has 6 nitrogen and oxygen atoms in total. The van der Waals surface area contributed by atoms with Crippen LogP contribution in [0.2, 0.25) is 0 Å². The number of carbonyl (C=O) groups is 1. The fourth-order valence-electron chi connectivity index (χ4n) is 9.46. The Hall–Kier alpha value is -0.690. The maximum Gasteiger partial charge on any atom is 0.308 e. The van der Waals surface area contributed by atoms with Gasteiger partial charge in [-0.3, -0.25) is 4.79 Å². The van der Waals surface area contributed by atoms with E-state index in [4.69, 9.17) is 4.74 Å². The summed E-state index contributed by atoms with van der Waals surface area (Å²) in [4.78, 5) is 12.0. The highest BCUT2D eigenvalue weighted by atomic mass is 16.5. The second-order valence-electron chi connectivity index (χ2n) is 13.2. The van der Waals surface area contributed by atoms with Gasteiger partial charge in [-0.1, -0.05) is 27.7 Å². The largest absolute Gasteiger partial charge is 0.466 e. The lowest BCUT2D eigenvalue weighted by Gasteiger charge is -2.62. The summed E-state index contributed by atoms with van der Waals surface area (Å²) in [7, 11) is 0. The summed E-state index contributed by atoms with van der Waals surface area (Å²) in [6.07, 6.45) is 5.57. The molecule has 4 saturated carbocycles. The molecule has 0 aliphatic heterocycles. The van der Waals surface area contributed by atoms with E-state index in [0.717, 1.165) is 38.5 Å². The topological polar surface area (TPSA) is 107 Å². The first-order valence-corrected chi connectivity index (χ1v) is 14.3. The second kappa shape index (κ2) is 10.2. The van der Waals surface area contributed by atoms with Crippen LogP contribution in [0.25, 0.3) is 0 Å². The molecule has 0 aromatic heterocycles. The summed E-state index contributed by atoms with van der Waals surface area (Å²) in [5.41, 5.74) is -0.304. The molecule has 202 valence electrons. The summed E-state index contributed by atoms with van der Waals surface area (Å²) in [5.74, 6) is 0.791. The maximum atomic E-state index is 12.0. The van der Waals surface area contributed by atoms with Crippen molar-refractivity contribution in [2.75, 3.05) is 6.61 Å². The molecule has 0 heterocycles. The number of carbonyl (C=O) groups excluding carboxylic acids is 1. The molecule has 4 aliphatic rings. The highest BCUT2D eigenvalue weighted by Gasteiger charge is 2.66. The average Bonchev–Trinajstić information content (AvgIpc) is 3.10. The van der Waals surface area contributed by atoms with E-state index >= 15 is 0 Å². The number of esters is 1. The van der Waals surface area contributed by atoms with Gasteiger partial charge in [0.05, 0.1) is 36.9 Å². The molecule has 0 amide bonds. The Balaban J connectivity index is 1.49. The zero-order valence-corrected chi connectivity index (χ0v) is 22.5. The van der Waals surface area contributed by atoms with Crippen molar-refractivity contribution >= 4 is 5.97 Å². The van der Waals surface area contributed by atoms with E-state index in [1.807, 2.05) is 6.92 Å². The fourth-order valence-corrected chi connectivity index (χ4v) is 9.46. The molecule has 13 unspecified atom stereocenters. The molecule has 13 atom stereocenters. The first kappa shape index (κ1) is 27.3. The second-order valence-corrected chi connectivity index (χ2v) is 13.2. The summed E-state index contributed by atoms with van der Waals surface area (Å²) < 4.78 is 5.11. The predicted molar refractivity (Wildman–Crippen MR) is 134 cm³/mol. The molecular weight excluding hydrogens is 444 g/mol. The molecule has 4 rings (SSSR count). The summed E-state index contributed by atoms with van der Waals surface area (Å²) in [6, 6.07) is 0. The van der Waals surface area contributed by atoms with Gasteiger partial charge in [0.1, 0.15) is 0 Å². The molecule has 35 heavy (non-hydrogen) atoms. The Bertz CT molecular complexity index is 757. The van der Waals surface area contributed by atoms with Gasteiger partial charge in [-0.25, -0.2) is 0 Å². The van der Waals surface area contributed by atoms with Crippen LogP contribution in [0, 0.1) is 52.3 Å². The van der Waals surface area contributed by atoms with Gasteiger partial charge < -0.3 is 25.2 Å². The SMILES string of the molecule is CCOC(=O)C(C)CCC(O)C(C)C1CC(O)C2C3CCC4CC(O)CCC4(C)C3CC(O)C12C. The van der Waals surface area contributed by atoms with E-state index in [9.17, 15) is 25.2 Å². The van der Waals surface area contributed by atoms with Crippen LogP contribution in [0.15, 0.2) is 0 Å². The minimum absolute atomic E-state index is 0.0325. The van der Waals surface area contributed by atoms with Crippen LogP contribution in [0.4, 0.5) is 0 Å². The number of aliphatic hydroxyl groups excluding tert-OH is 4. The van der Waals surface area contributed by atoms with Crippen LogP contribution >= 0.6 is 0 Å². The molecule has 6 heteroatoms. The van der Waals surface area contributed by atoms with Crippen LogP contribution in [-0.2, 0) is 9.53 Å². The molecule has 0 bridgehead atoms. The van der Waals surface area contributed by atoms with Crippen molar-refractivity contribution in [2.24, 2.45) is 52.3 Å². The van der Waals surface area contributed by atoms with Gasteiger partial charge in [-0.2, -0.15) is 0 Å². The van der Waals surface area contributed by atoms with Crippen molar-refractivity contribution in [1.29, 1.82) is 0 Å². The van der Waals surface area contributed by atoms with Crippen molar-refractivity contribution in [1.82, 2.24) is 0 Å². The van der Waals surface area contributed by atoms with E-state index in [-0.39, 0.29) is 41.2 Å². The Morgan fingerprint density at radius 2 is 1.74 bits per heavy atom. The number of aliphatic hydroxyl groups is 4. The van der Waals surface area contributed by atoms with E-state index in [1.54, 1.807) is 6.92 Å². The van der Waals surface area contributed by atoms with Crippen molar-refractivity contribution in [3.8, 4) is 0 Å². The number of fused-ring (bicyclic) bond motifs is 5. The molecule has 0 saturated heterocycles. The zero-order valence-electron chi connectivity index (χ0n) is 22.5. The zero-order chi connectivity index (χ0) is 25.7. The van der Waals surface area contributed by atoms with Crippen molar-refractivity contribution in [3.63, 3.8) is 0 Å². The lowest BCUT2D eigenvalue weighted by atomic mass is 9.43. The van der Waals surface area contributed by atoms with Gasteiger partial charge in [0, 0.05) is 5.41 Å². The van der Waals surface area contributed by atoms with Gasteiger partial charge in [-0.15, -0.1) is 0 Å². The highest BCUT2D eigenvalue weighted by molar-refractivity contribution is 5.71. The van der Waals surface area contributed by atoms with E-state index < -0.39 is 23.7 Å². The quantitative estimate of drug-likeness (QED) is 0.400. The van der Waals surface area contributed by atoms with E-state index in [1.165, 1.54) is 0 Å². The van der Waals surface area contributed by atoms with Gasteiger partial charge in [0.15, 0.2) is 0 Å². The summed E-state index contributed by atoms with van der Waals surface area (Å²) in [6.45, 7) is 10.6. The molecule has 0 aromatic rings. The molecule has 4 aliphatic carbocycles. The Kier molecular flexibility index (Phi) is 7.99. The predicted octanol–water partition coefficient (Wildman–Crippen LogP) is 3.92. The monoisotopic (exact) mass is 494 g/mol. The van der Waals surface area contributed by atoms with Crippen molar-refractivity contribution in [2.45, 2.75) is 117 Å². The van der Waals surface area contributed by atoms with E-state index in [0.29, 0.717) is 43.6 Å². The first-order chi connectivity index (χ1) is 16.4. The Labute approximate surface area is 211 Å². The lowest BCUT2D eigenvalue weighted by Crippen LogP contribution is -2.60. The summed E-state index contributed by atoms with van der Waals surface area (Å²) in [5, 5.41) is 44.5. The molecule has 0 spiro atoms. The van der Waals surface area contributed by atoms with Gasteiger partial charge in [0.2, 0.25) is 0 Å². The molecule has 0 radical (unpaired) electrons. The smallest absolute Gasteiger partial charge is 0.308 e. The number of hydrogen-bond donors (Lipinski definition) is 4.